The zero-order valence-electron chi connectivity index (χ0n) is 18.0. The molecular formula is C21H33N5O3. The lowest BCUT2D eigenvalue weighted by atomic mass is 10.1. The predicted molar refractivity (Wildman–Crippen MR) is 115 cm³/mol. The van der Waals surface area contributed by atoms with Crippen molar-refractivity contribution in [1.29, 1.82) is 0 Å². The van der Waals surface area contributed by atoms with Gasteiger partial charge in [-0.2, -0.15) is 0 Å². The summed E-state index contributed by atoms with van der Waals surface area (Å²) >= 11 is 0. The summed E-state index contributed by atoms with van der Waals surface area (Å²) < 4.78 is 5.31. The SMILES string of the molecule is CCc1cccc(NC(=O)CNC(=NC)N2CCC(NC(=O)OC(C)(C)C)C2)c1. The van der Waals surface area contributed by atoms with Gasteiger partial charge in [0.1, 0.15) is 5.60 Å². The number of ether oxygens (including phenoxy) is 1. The van der Waals surface area contributed by atoms with E-state index in [0.29, 0.717) is 12.5 Å². The van der Waals surface area contributed by atoms with E-state index < -0.39 is 11.7 Å². The summed E-state index contributed by atoms with van der Waals surface area (Å²) in [5, 5.41) is 8.87. The van der Waals surface area contributed by atoms with Crippen LogP contribution in [0.3, 0.4) is 0 Å². The van der Waals surface area contributed by atoms with Crippen LogP contribution in [-0.4, -0.2) is 61.2 Å². The van der Waals surface area contributed by atoms with Gasteiger partial charge in [0.15, 0.2) is 5.96 Å². The Balaban J connectivity index is 1.80. The highest BCUT2D eigenvalue weighted by molar-refractivity contribution is 5.95. The summed E-state index contributed by atoms with van der Waals surface area (Å²) in [6.45, 7) is 9.05. The quantitative estimate of drug-likeness (QED) is 0.518. The van der Waals surface area contributed by atoms with Crippen molar-refractivity contribution in [2.45, 2.75) is 52.2 Å². The highest BCUT2D eigenvalue weighted by atomic mass is 16.6. The first kappa shape index (κ1) is 22.5. The van der Waals surface area contributed by atoms with E-state index in [1.807, 2.05) is 49.9 Å². The van der Waals surface area contributed by atoms with E-state index in [2.05, 4.69) is 27.9 Å². The van der Waals surface area contributed by atoms with Crippen LogP contribution in [0.1, 0.15) is 39.7 Å². The Labute approximate surface area is 173 Å². The van der Waals surface area contributed by atoms with Gasteiger partial charge in [0.05, 0.1) is 12.6 Å². The Morgan fingerprint density at radius 1 is 1.31 bits per heavy atom. The lowest BCUT2D eigenvalue weighted by Gasteiger charge is -2.23. The van der Waals surface area contributed by atoms with Crippen molar-refractivity contribution in [2.24, 2.45) is 4.99 Å². The minimum absolute atomic E-state index is 0.0194. The summed E-state index contributed by atoms with van der Waals surface area (Å²) in [7, 11) is 1.68. The molecule has 1 aliphatic rings. The number of nitrogens with one attached hydrogen (secondary N) is 3. The van der Waals surface area contributed by atoms with E-state index in [0.717, 1.165) is 25.1 Å². The second-order valence-corrected chi connectivity index (χ2v) is 8.08. The molecule has 1 fully saturated rings. The average Bonchev–Trinajstić information content (AvgIpc) is 3.08. The van der Waals surface area contributed by atoms with Crippen LogP contribution in [-0.2, 0) is 16.0 Å². The standard InChI is InChI=1S/C21H33N5O3/c1-6-15-8-7-9-16(12-15)24-18(27)13-23-19(22-5)26-11-10-17(14-26)25-20(28)29-21(2,3)4/h7-9,12,17H,6,10-11,13-14H2,1-5H3,(H,22,23)(H,24,27)(H,25,28). The second-order valence-electron chi connectivity index (χ2n) is 8.08. The number of alkyl carbamates (subject to hydrolysis) is 1. The third-order valence-electron chi connectivity index (χ3n) is 4.45. The predicted octanol–water partition coefficient (Wildman–Crippen LogP) is 2.36. The number of likely N-dealkylation sites (tertiary alicyclic amines) is 1. The first-order chi connectivity index (χ1) is 13.7. The van der Waals surface area contributed by atoms with Crippen molar-refractivity contribution in [3.63, 3.8) is 0 Å². The molecule has 1 atom stereocenters. The molecule has 1 heterocycles. The lowest BCUT2D eigenvalue weighted by molar-refractivity contribution is -0.115. The fourth-order valence-electron chi connectivity index (χ4n) is 3.11. The average molecular weight is 404 g/mol. The number of rotatable bonds is 5. The van der Waals surface area contributed by atoms with Crippen molar-refractivity contribution < 1.29 is 14.3 Å². The molecule has 29 heavy (non-hydrogen) atoms. The van der Waals surface area contributed by atoms with Gasteiger partial charge in [-0.3, -0.25) is 9.79 Å². The normalized spacial score (nSPS) is 17.1. The molecule has 2 amide bonds. The highest BCUT2D eigenvalue weighted by Gasteiger charge is 2.28. The zero-order chi connectivity index (χ0) is 21.4. The first-order valence-electron chi connectivity index (χ1n) is 10.0. The molecule has 0 saturated carbocycles. The molecule has 1 saturated heterocycles. The minimum atomic E-state index is -0.524. The topological polar surface area (TPSA) is 95.1 Å². The van der Waals surface area contributed by atoms with E-state index >= 15 is 0 Å². The molecule has 0 radical (unpaired) electrons. The molecule has 0 aliphatic carbocycles. The molecule has 0 spiro atoms. The van der Waals surface area contributed by atoms with Gasteiger partial charge >= 0.3 is 6.09 Å². The number of anilines is 1. The fraction of sp³-hybridized carbons (Fsp3) is 0.571. The van der Waals surface area contributed by atoms with Crippen LogP contribution in [0.5, 0.6) is 0 Å². The summed E-state index contributed by atoms with van der Waals surface area (Å²) in [6, 6.07) is 7.79. The second kappa shape index (κ2) is 10.1. The molecule has 160 valence electrons. The Morgan fingerprint density at radius 2 is 2.07 bits per heavy atom. The Kier molecular flexibility index (Phi) is 7.87. The number of aliphatic imine (C=N–C) groups is 1. The molecule has 8 heteroatoms. The highest BCUT2D eigenvalue weighted by Crippen LogP contribution is 2.13. The van der Waals surface area contributed by atoms with Gasteiger partial charge in [0.2, 0.25) is 5.91 Å². The largest absolute Gasteiger partial charge is 0.444 e. The van der Waals surface area contributed by atoms with E-state index in [4.69, 9.17) is 4.74 Å². The molecule has 2 rings (SSSR count). The molecule has 3 N–H and O–H groups in total. The van der Waals surface area contributed by atoms with Crippen LogP contribution in [0.2, 0.25) is 0 Å². The molecule has 1 unspecified atom stereocenters. The maximum absolute atomic E-state index is 12.3. The number of hydrogen-bond donors (Lipinski definition) is 3. The number of carbonyl (C=O) groups is 2. The molecular weight excluding hydrogens is 370 g/mol. The van der Waals surface area contributed by atoms with Crippen LogP contribution in [0.15, 0.2) is 29.3 Å². The molecule has 1 aliphatic heterocycles. The lowest BCUT2D eigenvalue weighted by Crippen LogP contribution is -2.45. The van der Waals surface area contributed by atoms with Crippen LogP contribution < -0.4 is 16.0 Å². The van der Waals surface area contributed by atoms with E-state index in [1.54, 1.807) is 7.05 Å². The van der Waals surface area contributed by atoms with Gasteiger partial charge < -0.3 is 25.6 Å². The molecule has 0 aromatic heterocycles. The maximum Gasteiger partial charge on any atom is 0.407 e. The van der Waals surface area contributed by atoms with Crippen molar-refractivity contribution in [2.75, 3.05) is 32.0 Å². The smallest absolute Gasteiger partial charge is 0.407 e. The number of hydrogen-bond acceptors (Lipinski definition) is 4. The molecule has 1 aromatic carbocycles. The Bertz CT molecular complexity index is 742. The van der Waals surface area contributed by atoms with E-state index in [9.17, 15) is 9.59 Å². The van der Waals surface area contributed by atoms with Crippen LogP contribution in [0.4, 0.5) is 10.5 Å². The first-order valence-corrected chi connectivity index (χ1v) is 10.0. The zero-order valence-corrected chi connectivity index (χ0v) is 18.0. The van der Waals surface area contributed by atoms with Crippen molar-refractivity contribution in [3.8, 4) is 0 Å². The number of carbonyl (C=O) groups excluding carboxylic acids is 2. The molecule has 0 bridgehead atoms. The van der Waals surface area contributed by atoms with Crippen LogP contribution in [0.25, 0.3) is 0 Å². The summed E-state index contributed by atoms with van der Waals surface area (Å²) in [6.07, 6.45) is 1.29. The van der Waals surface area contributed by atoms with Crippen molar-refractivity contribution in [3.05, 3.63) is 29.8 Å². The minimum Gasteiger partial charge on any atom is -0.444 e. The maximum atomic E-state index is 12.3. The van der Waals surface area contributed by atoms with Gasteiger partial charge in [-0.05, 0) is 51.3 Å². The number of nitrogens with zero attached hydrogens (tertiary/aromatic N) is 2. The Morgan fingerprint density at radius 3 is 2.72 bits per heavy atom. The summed E-state index contributed by atoms with van der Waals surface area (Å²) in [5.74, 6) is 0.498. The third-order valence-corrected chi connectivity index (χ3v) is 4.45. The number of aryl methyl sites for hydroxylation is 1. The number of guanidine groups is 1. The number of amides is 2. The monoisotopic (exact) mass is 403 g/mol. The number of benzene rings is 1. The van der Waals surface area contributed by atoms with Crippen molar-refractivity contribution >= 4 is 23.6 Å². The summed E-state index contributed by atoms with van der Waals surface area (Å²) in [5.41, 5.74) is 1.44. The summed E-state index contributed by atoms with van der Waals surface area (Å²) in [4.78, 5) is 30.5. The van der Waals surface area contributed by atoms with Gasteiger partial charge in [-0.1, -0.05) is 19.1 Å². The van der Waals surface area contributed by atoms with Gasteiger partial charge in [0.25, 0.3) is 0 Å². The molecule has 8 nitrogen and oxygen atoms in total. The van der Waals surface area contributed by atoms with Gasteiger partial charge in [-0.15, -0.1) is 0 Å². The van der Waals surface area contributed by atoms with E-state index in [-0.39, 0.29) is 18.5 Å². The van der Waals surface area contributed by atoms with Crippen LogP contribution in [0, 0.1) is 0 Å². The van der Waals surface area contributed by atoms with Gasteiger partial charge in [0, 0.05) is 25.8 Å². The van der Waals surface area contributed by atoms with Crippen molar-refractivity contribution in [1.82, 2.24) is 15.5 Å². The Hall–Kier alpha value is -2.77. The van der Waals surface area contributed by atoms with E-state index in [1.165, 1.54) is 5.56 Å². The molecule has 1 aromatic rings. The van der Waals surface area contributed by atoms with Crippen LogP contribution >= 0.6 is 0 Å². The van der Waals surface area contributed by atoms with Gasteiger partial charge in [-0.25, -0.2) is 4.79 Å². The fourth-order valence-corrected chi connectivity index (χ4v) is 3.11. The third kappa shape index (κ3) is 7.63.